The molecule has 0 aliphatic carbocycles. The van der Waals surface area contributed by atoms with Gasteiger partial charge in [-0.15, -0.1) is 0 Å². The van der Waals surface area contributed by atoms with Crippen LogP contribution in [0.5, 0.6) is 0 Å². The maximum Gasteiger partial charge on any atom is 0.187 e. The number of hydrogen-bond donors (Lipinski definition) is 1. The van der Waals surface area contributed by atoms with Crippen LogP contribution in [-0.2, 0) is 0 Å². The third-order valence-corrected chi connectivity index (χ3v) is 2.92. The summed E-state index contributed by atoms with van der Waals surface area (Å²) in [5.74, 6) is -0.0264. The lowest BCUT2D eigenvalue weighted by atomic mass is 10.1. The molecule has 0 aliphatic rings. The van der Waals surface area contributed by atoms with Gasteiger partial charge in [-0.1, -0.05) is 41.4 Å². The van der Waals surface area contributed by atoms with Crippen LogP contribution in [0.2, 0.25) is 5.02 Å². The van der Waals surface area contributed by atoms with E-state index in [1.54, 1.807) is 18.3 Å². The molecule has 0 amide bonds. The second kappa shape index (κ2) is 6.21. The smallest absolute Gasteiger partial charge is 0.187 e. The summed E-state index contributed by atoms with van der Waals surface area (Å²) in [7, 11) is 0. The van der Waals surface area contributed by atoms with E-state index in [0.717, 1.165) is 11.3 Å². The first-order valence-corrected chi connectivity index (χ1v) is 6.32. The fraction of sp³-hybridized carbons (Fsp3) is 0.0625. The predicted octanol–water partition coefficient (Wildman–Crippen LogP) is 4.46. The highest BCUT2D eigenvalue weighted by molar-refractivity contribution is 6.30. The monoisotopic (exact) mass is 271 g/mol. The molecule has 2 rings (SSSR count). The van der Waals surface area contributed by atoms with Gasteiger partial charge in [0.05, 0.1) is 0 Å². The predicted molar refractivity (Wildman–Crippen MR) is 79.7 cm³/mol. The number of halogens is 1. The SMILES string of the molecule is Cc1ccc(C(=O)/C=C/Nc2ccc(Cl)cc2)cc1. The summed E-state index contributed by atoms with van der Waals surface area (Å²) >= 11 is 5.79. The van der Waals surface area contributed by atoms with E-state index in [4.69, 9.17) is 11.6 Å². The molecule has 0 saturated carbocycles. The second-order valence-corrected chi connectivity index (χ2v) is 4.65. The molecule has 0 radical (unpaired) electrons. The molecule has 0 bridgehead atoms. The topological polar surface area (TPSA) is 29.1 Å². The largest absolute Gasteiger partial charge is 0.362 e. The third kappa shape index (κ3) is 3.97. The molecular formula is C16H14ClNO. The maximum absolute atomic E-state index is 11.9. The fourth-order valence-corrected chi connectivity index (χ4v) is 1.70. The van der Waals surface area contributed by atoms with E-state index >= 15 is 0 Å². The minimum Gasteiger partial charge on any atom is -0.362 e. The molecule has 0 atom stereocenters. The van der Waals surface area contributed by atoms with E-state index in [-0.39, 0.29) is 5.78 Å². The fourth-order valence-electron chi connectivity index (χ4n) is 1.57. The molecule has 0 aromatic heterocycles. The van der Waals surface area contributed by atoms with Gasteiger partial charge in [-0.2, -0.15) is 0 Å². The van der Waals surface area contributed by atoms with E-state index in [1.807, 2.05) is 43.3 Å². The number of carbonyl (C=O) groups excluding carboxylic acids is 1. The lowest BCUT2D eigenvalue weighted by molar-refractivity contribution is 0.104. The molecule has 0 aliphatic heterocycles. The van der Waals surface area contributed by atoms with Crippen molar-refractivity contribution in [3.63, 3.8) is 0 Å². The normalized spacial score (nSPS) is 10.6. The van der Waals surface area contributed by atoms with Crippen molar-refractivity contribution in [3.05, 3.63) is 77.0 Å². The Balaban J connectivity index is 1.97. The first-order chi connectivity index (χ1) is 9.15. The summed E-state index contributed by atoms with van der Waals surface area (Å²) in [5.41, 5.74) is 2.71. The standard InChI is InChI=1S/C16H14ClNO/c1-12-2-4-13(5-3-12)16(19)10-11-18-15-8-6-14(17)7-9-15/h2-11,18H,1H3/b11-10+. The average Bonchev–Trinajstić information content (AvgIpc) is 2.41. The summed E-state index contributed by atoms with van der Waals surface area (Å²) in [4.78, 5) is 11.9. The van der Waals surface area contributed by atoms with Crippen molar-refractivity contribution >= 4 is 23.1 Å². The highest BCUT2D eigenvalue weighted by Crippen LogP contribution is 2.13. The Morgan fingerprint density at radius 3 is 2.32 bits per heavy atom. The molecule has 2 aromatic rings. The first-order valence-electron chi connectivity index (χ1n) is 5.95. The molecule has 2 nitrogen and oxygen atoms in total. The number of aryl methyl sites for hydroxylation is 1. The number of rotatable bonds is 4. The van der Waals surface area contributed by atoms with Gasteiger partial charge in [-0.25, -0.2) is 0 Å². The quantitative estimate of drug-likeness (QED) is 0.657. The number of benzene rings is 2. The van der Waals surface area contributed by atoms with Gasteiger partial charge in [0.25, 0.3) is 0 Å². The molecule has 3 heteroatoms. The van der Waals surface area contributed by atoms with E-state index < -0.39 is 0 Å². The van der Waals surface area contributed by atoms with E-state index in [2.05, 4.69) is 5.32 Å². The second-order valence-electron chi connectivity index (χ2n) is 4.21. The number of hydrogen-bond acceptors (Lipinski definition) is 2. The van der Waals surface area contributed by atoms with Crippen LogP contribution in [0.15, 0.2) is 60.8 Å². The Kier molecular flexibility index (Phi) is 4.37. The van der Waals surface area contributed by atoms with E-state index in [1.165, 1.54) is 6.08 Å². The van der Waals surface area contributed by atoms with Gasteiger partial charge in [0.1, 0.15) is 0 Å². The van der Waals surface area contributed by atoms with Crippen LogP contribution in [0, 0.1) is 6.92 Å². The van der Waals surface area contributed by atoms with E-state index in [9.17, 15) is 4.79 Å². The Morgan fingerprint density at radius 2 is 1.68 bits per heavy atom. The highest BCUT2D eigenvalue weighted by atomic mass is 35.5. The summed E-state index contributed by atoms with van der Waals surface area (Å²) in [6.07, 6.45) is 3.14. The molecular weight excluding hydrogens is 258 g/mol. The zero-order chi connectivity index (χ0) is 13.7. The highest BCUT2D eigenvalue weighted by Gasteiger charge is 1.99. The lowest BCUT2D eigenvalue weighted by Gasteiger charge is -2.00. The summed E-state index contributed by atoms with van der Waals surface area (Å²) in [6, 6.07) is 14.8. The van der Waals surface area contributed by atoms with Crippen LogP contribution in [0.3, 0.4) is 0 Å². The van der Waals surface area contributed by atoms with Crippen LogP contribution in [0.1, 0.15) is 15.9 Å². The third-order valence-electron chi connectivity index (χ3n) is 2.67. The minimum atomic E-state index is -0.0264. The number of anilines is 1. The van der Waals surface area contributed by atoms with Crippen LogP contribution in [-0.4, -0.2) is 5.78 Å². The van der Waals surface area contributed by atoms with Crippen molar-refractivity contribution in [2.75, 3.05) is 5.32 Å². The molecule has 0 heterocycles. The van der Waals surface area contributed by atoms with Crippen molar-refractivity contribution in [1.29, 1.82) is 0 Å². The number of carbonyl (C=O) groups is 1. The molecule has 96 valence electrons. The molecule has 2 aromatic carbocycles. The van der Waals surface area contributed by atoms with Crippen LogP contribution < -0.4 is 5.32 Å². The van der Waals surface area contributed by atoms with Crippen LogP contribution in [0.25, 0.3) is 0 Å². The molecule has 0 spiro atoms. The molecule has 0 fully saturated rings. The summed E-state index contributed by atoms with van der Waals surface area (Å²) in [6.45, 7) is 1.99. The van der Waals surface area contributed by atoms with Crippen LogP contribution in [0.4, 0.5) is 5.69 Å². The summed E-state index contributed by atoms with van der Waals surface area (Å²) < 4.78 is 0. The molecule has 0 unspecified atom stereocenters. The van der Waals surface area contributed by atoms with E-state index in [0.29, 0.717) is 10.6 Å². The van der Waals surface area contributed by atoms with Crippen molar-refractivity contribution in [3.8, 4) is 0 Å². The molecule has 19 heavy (non-hydrogen) atoms. The lowest BCUT2D eigenvalue weighted by Crippen LogP contribution is -1.96. The van der Waals surface area contributed by atoms with Gasteiger partial charge in [0.2, 0.25) is 0 Å². The number of nitrogens with one attached hydrogen (secondary N) is 1. The van der Waals surface area contributed by atoms with Crippen LogP contribution >= 0.6 is 11.6 Å². The minimum absolute atomic E-state index is 0.0264. The van der Waals surface area contributed by atoms with Crippen molar-refractivity contribution in [1.82, 2.24) is 0 Å². The van der Waals surface area contributed by atoms with Gasteiger partial charge in [0, 0.05) is 28.5 Å². The van der Waals surface area contributed by atoms with Gasteiger partial charge < -0.3 is 5.32 Å². The summed E-state index contributed by atoms with van der Waals surface area (Å²) in [5, 5.41) is 3.71. The number of allylic oxidation sites excluding steroid dienone is 1. The molecule has 0 saturated heterocycles. The van der Waals surface area contributed by atoms with Crippen molar-refractivity contribution in [2.45, 2.75) is 6.92 Å². The van der Waals surface area contributed by atoms with Gasteiger partial charge in [-0.05, 0) is 31.2 Å². The Morgan fingerprint density at radius 1 is 1.05 bits per heavy atom. The van der Waals surface area contributed by atoms with Crippen molar-refractivity contribution in [2.24, 2.45) is 0 Å². The van der Waals surface area contributed by atoms with Crippen molar-refractivity contribution < 1.29 is 4.79 Å². The Hall–Kier alpha value is -2.06. The zero-order valence-electron chi connectivity index (χ0n) is 10.6. The maximum atomic E-state index is 11.9. The first kappa shape index (κ1) is 13.4. The Labute approximate surface area is 117 Å². The average molecular weight is 272 g/mol. The zero-order valence-corrected chi connectivity index (χ0v) is 11.3. The molecule has 1 N–H and O–H groups in total. The number of ketones is 1. The Bertz CT molecular complexity index is 585. The van der Waals surface area contributed by atoms with Gasteiger partial charge in [0.15, 0.2) is 5.78 Å². The van der Waals surface area contributed by atoms with Gasteiger partial charge in [-0.3, -0.25) is 4.79 Å². The van der Waals surface area contributed by atoms with Gasteiger partial charge >= 0.3 is 0 Å².